The van der Waals surface area contributed by atoms with Gasteiger partial charge in [0.05, 0.1) is 0 Å². The molecule has 0 amide bonds. The van der Waals surface area contributed by atoms with Crippen LogP contribution in [0.1, 0.15) is 11.1 Å². The predicted molar refractivity (Wildman–Crippen MR) is 70.5 cm³/mol. The summed E-state index contributed by atoms with van der Waals surface area (Å²) in [6.07, 6.45) is -1.38. The zero-order chi connectivity index (χ0) is 14.7. The maximum absolute atomic E-state index is 11.0. The number of benzene rings is 1. The second-order valence-electron chi connectivity index (χ2n) is 4.43. The van der Waals surface area contributed by atoms with Gasteiger partial charge in [0.1, 0.15) is 12.6 Å². The Hall–Kier alpha value is -0.520. The van der Waals surface area contributed by atoms with Crippen molar-refractivity contribution in [1.82, 2.24) is 4.90 Å². The Bertz CT molecular complexity index is 481. The van der Waals surface area contributed by atoms with Gasteiger partial charge in [-0.3, -0.25) is 14.0 Å². The summed E-state index contributed by atoms with van der Waals surface area (Å²) in [6, 6.07) is 7.15. The molecule has 0 heterocycles. The van der Waals surface area contributed by atoms with Gasteiger partial charge in [0.15, 0.2) is 0 Å². The maximum Gasteiger partial charge on any atom is 0.339 e. The van der Waals surface area contributed by atoms with Gasteiger partial charge in [0.2, 0.25) is 0 Å². The second-order valence-corrected chi connectivity index (χ2v) is 7.65. The van der Waals surface area contributed by atoms with Crippen LogP contribution in [0.2, 0.25) is 0 Å². The largest absolute Gasteiger partial charge is 0.339 e. The Morgan fingerprint density at radius 3 is 1.74 bits per heavy atom. The highest BCUT2D eigenvalue weighted by Gasteiger charge is 2.25. The van der Waals surface area contributed by atoms with Crippen molar-refractivity contribution in [3.63, 3.8) is 0 Å². The summed E-state index contributed by atoms with van der Waals surface area (Å²) in [5.41, 5.74) is 1.76. The summed E-state index contributed by atoms with van der Waals surface area (Å²) in [6.45, 7) is 1.96. The fourth-order valence-electron chi connectivity index (χ4n) is 1.62. The van der Waals surface area contributed by atoms with E-state index in [1.165, 1.54) is 0 Å². The molecule has 0 aliphatic heterocycles. The van der Waals surface area contributed by atoms with Crippen LogP contribution in [0.4, 0.5) is 0 Å². The normalized spacial score (nSPS) is 12.9. The predicted octanol–water partition coefficient (Wildman–Crippen LogP) is 1.07. The van der Waals surface area contributed by atoms with Crippen molar-refractivity contribution >= 4 is 15.2 Å². The van der Waals surface area contributed by atoms with Crippen LogP contribution in [0.15, 0.2) is 24.3 Å². The van der Waals surface area contributed by atoms with Crippen molar-refractivity contribution < 1.29 is 28.7 Å². The molecule has 0 radical (unpaired) electrons. The molecule has 9 heteroatoms. The summed E-state index contributed by atoms with van der Waals surface area (Å²) >= 11 is 0. The molecule has 0 saturated carbocycles. The van der Waals surface area contributed by atoms with Crippen LogP contribution in [-0.2, 0) is 15.7 Å². The van der Waals surface area contributed by atoms with Crippen molar-refractivity contribution in [3.8, 4) is 0 Å². The molecule has 0 unspecified atom stereocenters. The average molecular weight is 309 g/mol. The van der Waals surface area contributed by atoms with Crippen LogP contribution in [0, 0.1) is 6.92 Å². The van der Waals surface area contributed by atoms with E-state index < -0.39 is 27.8 Å². The van der Waals surface area contributed by atoms with E-state index in [-0.39, 0.29) is 6.54 Å². The Morgan fingerprint density at radius 1 is 0.947 bits per heavy atom. The minimum absolute atomic E-state index is 0.0660. The van der Waals surface area contributed by atoms with Gasteiger partial charge in [0.25, 0.3) is 0 Å². The van der Waals surface area contributed by atoms with Gasteiger partial charge in [-0.2, -0.15) is 0 Å². The fourth-order valence-corrected chi connectivity index (χ4v) is 3.22. The average Bonchev–Trinajstić information content (AvgIpc) is 2.16. The lowest BCUT2D eigenvalue weighted by Gasteiger charge is -2.23. The molecule has 1 aromatic carbocycles. The van der Waals surface area contributed by atoms with Crippen LogP contribution < -0.4 is 0 Å². The van der Waals surface area contributed by atoms with Gasteiger partial charge >= 0.3 is 15.2 Å². The molecular formula is C10H17NO6P2. The minimum atomic E-state index is -4.37. The molecule has 1 aromatic rings. The van der Waals surface area contributed by atoms with Gasteiger partial charge in [-0.25, -0.2) is 0 Å². The summed E-state index contributed by atoms with van der Waals surface area (Å²) < 4.78 is 21.9. The first-order valence-electron chi connectivity index (χ1n) is 5.42. The first kappa shape index (κ1) is 16.5. The topological polar surface area (TPSA) is 118 Å². The minimum Gasteiger partial charge on any atom is -0.324 e. The van der Waals surface area contributed by atoms with Crippen LogP contribution >= 0.6 is 15.2 Å². The molecule has 0 saturated heterocycles. The summed E-state index contributed by atoms with van der Waals surface area (Å²) in [5.74, 6) is 0. The summed E-state index contributed by atoms with van der Waals surface area (Å²) in [4.78, 5) is 36.8. The number of rotatable bonds is 6. The third kappa shape index (κ3) is 7.60. The smallest absolute Gasteiger partial charge is 0.324 e. The van der Waals surface area contributed by atoms with Crippen LogP contribution in [0.25, 0.3) is 0 Å². The third-order valence-corrected chi connectivity index (χ3v) is 3.83. The van der Waals surface area contributed by atoms with E-state index in [2.05, 4.69) is 0 Å². The van der Waals surface area contributed by atoms with Gasteiger partial charge in [0, 0.05) is 6.54 Å². The zero-order valence-electron chi connectivity index (χ0n) is 10.4. The lowest BCUT2D eigenvalue weighted by atomic mass is 10.1. The molecule has 0 aliphatic carbocycles. The van der Waals surface area contributed by atoms with Crippen molar-refractivity contribution in [2.45, 2.75) is 13.5 Å². The van der Waals surface area contributed by atoms with Gasteiger partial charge < -0.3 is 19.6 Å². The molecule has 7 nitrogen and oxygen atoms in total. The molecule has 19 heavy (non-hydrogen) atoms. The van der Waals surface area contributed by atoms with Gasteiger partial charge in [-0.15, -0.1) is 0 Å². The molecule has 0 aliphatic rings. The van der Waals surface area contributed by atoms with Crippen LogP contribution in [-0.4, -0.2) is 37.0 Å². The first-order chi connectivity index (χ1) is 8.55. The Morgan fingerprint density at radius 2 is 1.37 bits per heavy atom. The Balaban J connectivity index is 2.82. The molecule has 0 atom stereocenters. The highest BCUT2D eigenvalue weighted by molar-refractivity contribution is 7.52. The molecule has 4 N–H and O–H groups in total. The van der Waals surface area contributed by atoms with Crippen molar-refractivity contribution in [2.24, 2.45) is 0 Å². The number of nitrogens with zero attached hydrogens (tertiary/aromatic N) is 1. The summed E-state index contributed by atoms with van der Waals surface area (Å²) in [7, 11) is -8.74. The quantitative estimate of drug-likeness (QED) is 0.580. The number of hydrogen-bond acceptors (Lipinski definition) is 3. The molecule has 0 spiro atoms. The van der Waals surface area contributed by atoms with E-state index >= 15 is 0 Å². The highest BCUT2D eigenvalue weighted by Crippen LogP contribution is 2.41. The molecule has 108 valence electrons. The standard InChI is InChI=1S/C10H17NO6P2/c1-9-2-4-10(5-3-9)6-11(7-18(12,13)14)8-19(15,16)17/h2-5H,6-8H2,1H3,(H2,12,13,14)(H2,15,16,17). The Kier molecular flexibility index (Phi) is 5.47. The highest BCUT2D eigenvalue weighted by atomic mass is 31.2. The van der Waals surface area contributed by atoms with Gasteiger partial charge in [-0.05, 0) is 12.5 Å². The number of aryl methyl sites for hydroxylation is 1. The van der Waals surface area contributed by atoms with Gasteiger partial charge in [-0.1, -0.05) is 29.8 Å². The van der Waals surface area contributed by atoms with Crippen LogP contribution in [0.5, 0.6) is 0 Å². The molecule has 1 rings (SSSR count). The third-order valence-electron chi connectivity index (χ3n) is 2.30. The van der Waals surface area contributed by atoms with Crippen molar-refractivity contribution in [2.75, 3.05) is 12.6 Å². The Labute approximate surface area is 111 Å². The van der Waals surface area contributed by atoms with Crippen molar-refractivity contribution in [3.05, 3.63) is 35.4 Å². The van der Waals surface area contributed by atoms with E-state index in [0.29, 0.717) is 0 Å². The molecule has 0 fully saturated rings. The monoisotopic (exact) mass is 309 g/mol. The number of hydrogen-bond donors (Lipinski definition) is 4. The SMILES string of the molecule is Cc1ccc(CN(CP(=O)(O)O)CP(=O)(O)O)cc1. The molecule has 0 bridgehead atoms. The second kappa shape index (κ2) is 6.29. The lowest BCUT2D eigenvalue weighted by molar-refractivity contribution is 0.273. The van der Waals surface area contributed by atoms with E-state index in [9.17, 15) is 9.13 Å². The summed E-state index contributed by atoms with van der Waals surface area (Å²) in [5, 5.41) is 0. The molecule has 0 aromatic heterocycles. The first-order valence-corrected chi connectivity index (χ1v) is 9.02. The van der Waals surface area contributed by atoms with E-state index in [0.717, 1.165) is 16.0 Å². The zero-order valence-corrected chi connectivity index (χ0v) is 12.2. The fraction of sp³-hybridized carbons (Fsp3) is 0.400. The molecular weight excluding hydrogens is 292 g/mol. The lowest BCUT2D eigenvalue weighted by Crippen LogP contribution is -2.25. The van der Waals surface area contributed by atoms with E-state index in [4.69, 9.17) is 19.6 Å². The van der Waals surface area contributed by atoms with E-state index in [1.807, 2.05) is 19.1 Å². The van der Waals surface area contributed by atoms with Crippen LogP contribution in [0.3, 0.4) is 0 Å². The maximum atomic E-state index is 11.0. The van der Waals surface area contributed by atoms with Crippen molar-refractivity contribution in [1.29, 1.82) is 0 Å². The van der Waals surface area contributed by atoms with E-state index in [1.54, 1.807) is 12.1 Å².